The van der Waals surface area contributed by atoms with Crippen LogP contribution < -0.4 is 4.74 Å². The van der Waals surface area contributed by atoms with E-state index < -0.39 is 0 Å². The summed E-state index contributed by atoms with van der Waals surface area (Å²) in [6.07, 6.45) is 2.34. The number of benzene rings is 1. The molecule has 5 heteroatoms. The number of nitrogens with zero attached hydrogens (tertiary/aromatic N) is 2. The van der Waals surface area contributed by atoms with E-state index in [0.29, 0.717) is 23.1 Å². The third-order valence-corrected chi connectivity index (χ3v) is 2.88. The fraction of sp³-hybridized carbons (Fsp3) is 0.231. The minimum Gasteiger partial charge on any atom is -0.492 e. The number of rotatable bonds is 4. The number of halogens is 1. The number of aldehydes is 1. The van der Waals surface area contributed by atoms with E-state index in [-0.39, 0.29) is 0 Å². The number of ether oxygens (including phenoxy) is 1. The highest BCUT2D eigenvalue weighted by atomic mass is 35.5. The van der Waals surface area contributed by atoms with Crippen LogP contribution in [0.2, 0.25) is 5.02 Å². The summed E-state index contributed by atoms with van der Waals surface area (Å²) in [4.78, 5) is 15.0. The zero-order valence-corrected chi connectivity index (χ0v) is 10.9. The smallest absolute Gasteiger partial charge is 0.170 e. The molecule has 0 spiro atoms. The van der Waals surface area contributed by atoms with Crippen molar-refractivity contribution in [3.05, 3.63) is 35.2 Å². The van der Waals surface area contributed by atoms with Gasteiger partial charge < -0.3 is 9.30 Å². The third kappa shape index (κ3) is 2.24. The van der Waals surface area contributed by atoms with Gasteiger partial charge in [0.2, 0.25) is 0 Å². The quantitative estimate of drug-likeness (QED) is 0.798. The molecule has 1 aromatic heterocycles. The second-order valence-corrected chi connectivity index (χ2v) is 4.19. The monoisotopic (exact) mass is 264 g/mol. The lowest BCUT2D eigenvalue weighted by molar-refractivity contribution is 0.112. The van der Waals surface area contributed by atoms with Gasteiger partial charge in [0.25, 0.3) is 0 Å². The minimum absolute atomic E-state index is 0.401. The number of aryl methyl sites for hydroxylation is 1. The molecule has 2 rings (SSSR count). The molecule has 4 nitrogen and oxygen atoms in total. The van der Waals surface area contributed by atoms with Crippen LogP contribution in [0.15, 0.2) is 24.5 Å². The Labute approximate surface area is 110 Å². The van der Waals surface area contributed by atoms with Crippen LogP contribution in [0.25, 0.3) is 11.3 Å². The Balaban J connectivity index is 2.48. The molecule has 0 aliphatic heterocycles. The zero-order chi connectivity index (χ0) is 13.1. The molecule has 0 fully saturated rings. The highest BCUT2D eigenvalue weighted by Crippen LogP contribution is 2.31. The first-order valence-corrected chi connectivity index (χ1v) is 5.94. The largest absolute Gasteiger partial charge is 0.492 e. The van der Waals surface area contributed by atoms with E-state index >= 15 is 0 Å². The van der Waals surface area contributed by atoms with Crippen LogP contribution in [-0.2, 0) is 7.05 Å². The Kier molecular flexibility index (Phi) is 3.67. The predicted molar refractivity (Wildman–Crippen MR) is 70.2 cm³/mol. The Hall–Kier alpha value is -1.81. The van der Waals surface area contributed by atoms with Gasteiger partial charge >= 0.3 is 0 Å². The first kappa shape index (κ1) is 12.6. The fourth-order valence-electron chi connectivity index (χ4n) is 1.81. The molecule has 0 radical (unpaired) electrons. The number of imidazole rings is 1. The second-order valence-electron chi connectivity index (χ2n) is 3.79. The van der Waals surface area contributed by atoms with Crippen LogP contribution >= 0.6 is 11.6 Å². The number of carbonyl (C=O) groups is 1. The summed E-state index contributed by atoms with van der Waals surface area (Å²) in [6.45, 7) is 2.46. The maximum Gasteiger partial charge on any atom is 0.170 e. The first-order chi connectivity index (χ1) is 8.67. The van der Waals surface area contributed by atoms with Crippen molar-refractivity contribution in [2.24, 2.45) is 7.05 Å². The molecule has 0 amide bonds. The van der Waals surface area contributed by atoms with Crippen molar-refractivity contribution in [3.8, 4) is 17.0 Å². The topological polar surface area (TPSA) is 44.1 Å². The number of carbonyl (C=O) groups excluding carboxylic acids is 1. The predicted octanol–water partition coefficient (Wildman–Crippen LogP) is 2.95. The van der Waals surface area contributed by atoms with Gasteiger partial charge in [0.15, 0.2) is 6.29 Å². The maximum absolute atomic E-state index is 10.9. The van der Waals surface area contributed by atoms with Crippen molar-refractivity contribution in [1.29, 1.82) is 0 Å². The molecule has 0 N–H and O–H groups in total. The maximum atomic E-state index is 10.9. The Morgan fingerprint density at radius 3 is 2.89 bits per heavy atom. The van der Waals surface area contributed by atoms with Crippen molar-refractivity contribution < 1.29 is 9.53 Å². The molecule has 0 unspecified atom stereocenters. The van der Waals surface area contributed by atoms with Gasteiger partial charge in [0, 0.05) is 12.6 Å². The van der Waals surface area contributed by atoms with E-state index in [9.17, 15) is 4.79 Å². The molecule has 1 heterocycles. The molecule has 0 atom stereocenters. The molecule has 94 valence electrons. The van der Waals surface area contributed by atoms with Crippen LogP contribution in [-0.4, -0.2) is 22.4 Å². The highest BCUT2D eigenvalue weighted by Gasteiger charge is 2.12. The van der Waals surface area contributed by atoms with Crippen molar-refractivity contribution in [2.75, 3.05) is 6.61 Å². The molecule has 0 saturated heterocycles. The zero-order valence-electron chi connectivity index (χ0n) is 10.2. The summed E-state index contributed by atoms with van der Waals surface area (Å²) in [7, 11) is 1.83. The standard InChI is InChI=1S/C13H13ClN2O2/c1-3-18-12-5-4-9(6-10(12)14)13-11(7-17)15-8-16(13)2/h4-8H,3H2,1-2H3. The lowest BCUT2D eigenvalue weighted by atomic mass is 10.1. The fourth-order valence-corrected chi connectivity index (χ4v) is 2.04. The molecule has 0 saturated carbocycles. The van der Waals surface area contributed by atoms with Gasteiger partial charge in [-0.05, 0) is 25.1 Å². The SMILES string of the molecule is CCOc1ccc(-c2c(C=O)ncn2C)cc1Cl. The summed E-state index contributed by atoms with van der Waals surface area (Å²) in [5.41, 5.74) is 1.98. The molecule has 18 heavy (non-hydrogen) atoms. The van der Waals surface area contributed by atoms with Gasteiger partial charge in [-0.1, -0.05) is 11.6 Å². The van der Waals surface area contributed by atoms with Crippen LogP contribution in [0.5, 0.6) is 5.75 Å². The van der Waals surface area contributed by atoms with Crippen LogP contribution in [0.1, 0.15) is 17.4 Å². The highest BCUT2D eigenvalue weighted by molar-refractivity contribution is 6.32. The summed E-state index contributed by atoms with van der Waals surface area (Å²) in [5.74, 6) is 0.637. The van der Waals surface area contributed by atoms with E-state index in [1.54, 1.807) is 23.0 Å². The normalized spacial score (nSPS) is 10.4. The number of aromatic nitrogens is 2. The van der Waals surface area contributed by atoms with Crippen LogP contribution in [0.4, 0.5) is 0 Å². The van der Waals surface area contributed by atoms with Gasteiger partial charge in [-0.15, -0.1) is 0 Å². The van der Waals surface area contributed by atoms with Gasteiger partial charge in [-0.3, -0.25) is 4.79 Å². The van der Waals surface area contributed by atoms with Crippen molar-refractivity contribution >= 4 is 17.9 Å². The summed E-state index contributed by atoms with van der Waals surface area (Å²) < 4.78 is 7.16. The number of hydrogen-bond acceptors (Lipinski definition) is 3. The summed E-state index contributed by atoms with van der Waals surface area (Å²) in [6, 6.07) is 5.43. The summed E-state index contributed by atoms with van der Waals surface area (Å²) >= 11 is 6.13. The lowest BCUT2D eigenvalue weighted by Gasteiger charge is -2.08. The molecule has 0 aliphatic carbocycles. The minimum atomic E-state index is 0.401. The van der Waals surface area contributed by atoms with Gasteiger partial charge in [0.05, 0.1) is 23.7 Å². The average molecular weight is 265 g/mol. The van der Waals surface area contributed by atoms with Crippen LogP contribution in [0.3, 0.4) is 0 Å². The van der Waals surface area contributed by atoms with E-state index in [1.807, 2.05) is 20.0 Å². The first-order valence-electron chi connectivity index (χ1n) is 5.56. The third-order valence-electron chi connectivity index (χ3n) is 2.58. The van der Waals surface area contributed by atoms with Gasteiger partial charge in [-0.2, -0.15) is 0 Å². The molecular formula is C13H13ClN2O2. The van der Waals surface area contributed by atoms with E-state index in [0.717, 1.165) is 17.5 Å². The summed E-state index contributed by atoms with van der Waals surface area (Å²) in [5, 5.41) is 0.521. The Morgan fingerprint density at radius 1 is 1.50 bits per heavy atom. The Bertz CT molecular complexity index is 578. The van der Waals surface area contributed by atoms with E-state index in [2.05, 4.69) is 4.98 Å². The van der Waals surface area contributed by atoms with Crippen molar-refractivity contribution in [2.45, 2.75) is 6.92 Å². The van der Waals surface area contributed by atoms with E-state index in [4.69, 9.17) is 16.3 Å². The van der Waals surface area contributed by atoms with Crippen molar-refractivity contribution in [1.82, 2.24) is 9.55 Å². The molecule has 2 aromatic rings. The van der Waals surface area contributed by atoms with Crippen LogP contribution in [0, 0.1) is 0 Å². The van der Waals surface area contributed by atoms with Gasteiger partial charge in [-0.25, -0.2) is 4.98 Å². The second kappa shape index (κ2) is 5.23. The average Bonchev–Trinajstić information content (AvgIpc) is 2.73. The molecule has 0 aliphatic rings. The molecular weight excluding hydrogens is 252 g/mol. The lowest BCUT2D eigenvalue weighted by Crippen LogP contribution is -1.95. The number of hydrogen-bond donors (Lipinski definition) is 0. The molecule has 0 bridgehead atoms. The van der Waals surface area contributed by atoms with Gasteiger partial charge in [0.1, 0.15) is 11.4 Å². The van der Waals surface area contributed by atoms with E-state index in [1.165, 1.54) is 0 Å². The Morgan fingerprint density at radius 2 is 2.28 bits per heavy atom. The van der Waals surface area contributed by atoms with Crippen molar-refractivity contribution in [3.63, 3.8) is 0 Å². The molecule has 1 aromatic carbocycles.